The Morgan fingerprint density at radius 1 is 0.684 bits per heavy atom. The van der Waals surface area contributed by atoms with Gasteiger partial charge in [0.05, 0.1) is 11.0 Å². The first-order valence-electron chi connectivity index (χ1n) is 28.7. The van der Waals surface area contributed by atoms with Gasteiger partial charge in [-0.2, -0.15) is 0 Å². The van der Waals surface area contributed by atoms with Crippen molar-refractivity contribution in [2.75, 3.05) is 14.7 Å². The molecule has 1 aromatic heterocycles. The third-order valence-electron chi connectivity index (χ3n) is 18.1. The number of para-hydroxylation sites is 3. The number of rotatable bonds is 10. The smallest absolute Gasteiger partial charge is 0.277 e. The van der Waals surface area contributed by atoms with Crippen molar-refractivity contribution < 1.29 is 4.74 Å². The van der Waals surface area contributed by atoms with Crippen LogP contribution in [0.5, 0.6) is 5.75 Å². The average Bonchev–Trinajstić information content (AvgIpc) is 4.09. The van der Waals surface area contributed by atoms with Crippen LogP contribution in [0.4, 0.5) is 51.3 Å². The predicted molar refractivity (Wildman–Crippen MR) is 334 cm³/mol. The monoisotopic (exact) mass is 1030 g/mol. The van der Waals surface area contributed by atoms with E-state index in [1.165, 1.54) is 38.9 Å². The maximum Gasteiger partial charge on any atom is 0.277 e. The summed E-state index contributed by atoms with van der Waals surface area (Å²) in [6, 6.07) is 61.1. The first-order valence-corrected chi connectivity index (χ1v) is 28.7. The van der Waals surface area contributed by atoms with Crippen molar-refractivity contribution in [1.82, 2.24) is 9.55 Å². The second kappa shape index (κ2) is 18.8. The van der Waals surface area contributed by atoms with Crippen molar-refractivity contribution in [1.29, 1.82) is 0 Å². The Morgan fingerprint density at radius 3 is 1.97 bits per heavy atom. The van der Waals surface area contributed by atoms with Gasteiger partial charge in [0.1, 0.15) is 23.5 Å². The van der Waals surface area contributed by atoms with E-state index >= 15 is 0 Å². The Hall–Kier alpha value is -8.03. The Kier molecular flexibility index (Phi) is 12.0. The summed E-state index contributed by atoms with van der Waals surface area (Å²) in [5, 5.41) is 0. The number of benzene rings is 7. The summed E-state index contributed by atoms with van der Waals surface area (Å²) >= 11 is 0. The fourth-order valence-corrected chi connectivity index (χ4v) is 12.9. The molecule has 3 aliphatic heterocycles. The van der Waals surface area contributed by atoms with E-state index in [0.29, 0.717) is 0 Å². The minimum Gasteiger partial charge on any atom is -0.485 e. The molecule has 0 radical (unpaired) electrons. The molecule has 6 nitrogen and oxygen atoms in total. The zero-order valence-electron chi connectivity index (χ0n) is 47.7. The molecule has 8 aromatic rings. The van der Waals surface area contributed by atoms with Gasteiger partial charge in [0.25, 0.3) is 6.71 Å². The van der Waals surface area contributed by atoms with Crippen LogP contribution < -0.4 is 36.0 Å². The van der Waals surface area contributed by atoms with Gasteiger partial charge in [-0.1, -0.05) is 171 Å². The number of unbranched alkanes of at least 4 members (excludes halogenated alkanes) is 1. The van der Waals surface area contributed by atoms with Crippen molar-refractivity contribution in [3.63, 3.8) is 0 Å². The number of imidazole rings is 1. The number of hydrogen-bond donors (Lipinski definition) is 0. The number of anilines is 9. The van der Waals surface area contributed by atoms with Gasteiger partial charge in [-0.25, -0.2) is 4.98 Å². The van der Waals surface area contributed by atoms with Gasteiger partial charge in [-0.3, -0.25) is 9.47 Å². The molecule has 0 fully saturated rings. The molecule has 7 aromatic carbocycles. The van der Waals surface area contributed by atoms with E-state index in [9.17, 15) is 0 Å². The molecule has 0 bridgehead atoms. The summed E-state index contributed by atoms with van der Waals surface area (Å²) in [6.07, 6.45) is 18.3. The molecule has 2 aliphatic carbocycles. The Bertz CT molecular complexity index is 3760. The topological polar surface area (TPSA) is 36.8 Å². The molecule has 0 N–H and O–H groups in total. The van der Waals surface area contributed by atoms with Crippen LogP contribution in [0.3, 0.4) is 0 Å². The zero-order valence-corrected chi connectivity index (χ0v) is 47.7. The molecule has 4 heterocycles. The van der Waals surface area contributed by atoms with Crippen LogP contribution in [-0.4, -0.2) is 22.4 Å². The summed E-state index contributed by atoms with van der Waals surface area (Å²) in [5.74, 6) is 2.92. The van der Waals surface area contributed by atoms with Gasteiger partial charge in [-0.05, 0) is 168 Å². The van der Waals surface area contributed by atoms with Crippen molar-refractivity contribution in [2.24, 2.45) is 10.8 Å². The predicted octanol–water partition coefficient (Wildman–Crippen LogP) is 17.0. The molecule has 7 heteroatoms. The molecule has 0 amide bonds. The lowest BCUT2D eigenvalue weighted by Gasteiger charge is -2.44. The molecule has 394 valence electrons. The highest BCUT2D eigenvalue weighted by atomic mass is 16.5. The number of ether oxygens (including phenoxy) is 1. The number of nitrogens with zero attached hydrogens (tertiary/aromatic N) is 5. The van der Waals surface area contributed by atoms with Crippen LogP contribution in [0.25, 0.3) is 11.3 Å². The van der Waals surface area contributed by atoms with Crippen LogP contribution in [0, 0.1) is 10.8 Å². The first kappa shape index (κ1) is 50.5. The standard InChI is InChI=1S/C72H72BN5O/c1-11-12-22-49-30-32-55(33-31-49)76-60-46-57(75(52-23-16-13-17-24-52)53-25-18-14-19-26-53)34-36-59(60)73-65-61(76)43-51(69(3,4)5)44-62(65)77(56-35-37-63-58(45-56)72(10)47-48(2)29-38-64(72)79-63)68-66(73)74-67(78(68)54-27-20-15-21-28-54)50-39-41-71(9,42-40-50)70(6,7)8/h13-21,23-41,43-47,64H,11-12,22,42H2,1-10H3. The molecule has 3 atom stereocenters. The molecular formula is C72H72BN5O. The van der Waals surface area contributed by atoms with Gasteiger partial charge < -0.3 is 14.5 Å². The number of allylic oxidation sites excluding steroid dienone is 6. The van der Waals surface area contributed by atoms with E-state index < -0.39 is 0 Å². The summed E-state index contributed by atoms with van der Waals surface area (Å²) in [5.41, 5.74) is 19.2. The van der Waals surface area contributed by atoms with E-state index in [0.717, 1.165) is 99.7 Å². The summed E-state index contributed by atoms with van der Waals surface area (Å²) in [6.45, 7) is 23.1. The van der Waals surface area contributed by atoms with Gasteiger partial charge in [0, 0.05) is 62.3 Å². The summed E-state index contributed by atoms with van der Waals surface area (Å²) in [7, 11) is 0. The highest BCUT2D eigenvalue weighted by Gasteiger charge is 2.50. The fourth-order valence-electron chi connectivity index (χ4n) is 12.9. The SMILES string of the molecule is CCCCc1ccc(N2c3cc(N(c4ccccc4)c4ccccc4)ccc3B3c4nc(C5=CCC(C)(C(C)(C)C)C=C5)n(-c5ccccc5)c4N(c4ccc5c(c4)C4(C)C=C(C)C=CC4O5)c4cc(C(C)(C)C)cc2c43)cc1. The molecule has 79 heavy (non-hydrogen) atoms. The molecular weight excluding hydrogens is 962 g/mol. The van der Waals surface area contributed by atoms with E-state index in [-0.39, 0.29) is 34.5 Å². The van der Waals surface area contributed by atoms with Crippen molar-refractivity contribution in [2.45, 2.75) is 112 Å². The molecule has 0 spiro atoms. The lowest BCUT2D eigenvalue weighted by atomic mass is 9.35. The van der Waals surface area contributed by atoms with Crippen LogP contribution >= 0.6 is 0 Å². The normalized spacial score (nSPS) is 19.7. The lowest BCUT2D eigenvalue weighted by molar-refractivity contribution is 0.170. The molecule has 13 rings (SSSR count). The quantitative estimate of drug-likeness (QED) is 0.128. The van der Waals surface area contributed by atoms with Crippen molar-refractivity contribution in [3.05, 3.63) is 228 Å². The maximum atomic E-state index is 6.81. The maximum absolute atomic E-state index is 6.81. The van der Waals surface area contributed by atoms with Crippen molar-refractivity contribution in [3.8, 4) is 11.4 Å². The zero-order chi connectivity index (χ0) is 54.6. The Morgan fingerprint density at radius 2 is 1.34 bits per heavy atom. The minimum absolute atomic E-state index is 0.0204. The van der Waals surface area contributed by atoms with Gasteiger partial charge in [0.2, 0.25) is 0 Å². The second-order valence-electron chi connectivity index (χ2n) is 25.2. The molecule has 3 unspecified atom stereocenters. The largest absolute Gasteiger partial charge is 0.485 e. The van der Waals surface area contributed by atoms with E-state index in [2.05, 4.69) is 289 Å². The lowest BCUT2D eigenvalue weighted by Crippen LogP contribution is -2.62. The van der Waals surface area contributed by atoms with Crippen LogP contribution in [0.15, 0.2) is 206 Å². The van der Waals surface area contributed by atoms with Gasteiger partial charge in [-0.15, -0.1) is 0 Å². The molecule has 0 saturated heterocycles. The number of aromatic nitrogens is 2. The highest BCUT2D eigenvalue weighted by Crippen LogP contribution is 2.53. The number of hydrogen-bond acceptors (Lipinski definition) is 5. The van der Waals surface area contributed by atoms with Crippen LogP contribution in [0.2, 0.25) is 0 Å². The van der Waals surface area contributed by atoms with E-state index in [4.69, 9.17) is 9.72 Å². The van der Waals surface area contributed by atoms with Crippen LogP contribution in [-0.2, 0) is 17.3 Å². The molecule has 0 saturated carbocycles. The molecule has 5 aliphatic rings. The third kappa shape index (κ3) is 8.33. The minimum atomic E-state index is -0.343. The number of fused-ring (bicyclic) bond motifs is 7. The number of aryl methyl sites for hydroxylation is 1. The first-order chi connectivity index (χ1) is 38.0. The van der Waals surface area contributed by atoms with Gasteiger partial charge >= 0.3 is 0 Å². The third-order valence-corrected chi connectivity index (χ3v) is 18.1. The fraction of sp³-hybridized carbons (Fsp3) is 0.264. The van der Waals surface area contributed by atoms with E-state index in [1.807, 2.05) is 0 Å². The van der Waals surface area contributed by atoms with Gasteiger partial charge in [0.15, 0.2) is 0 Å². The Labute approximate surface area is 469 Å². The summed E-state index contributed by atoms with van der Waals surface area (Å²) in [4.78, 5) is 13.6. The average molecular weight is 1030 g/mol. The van der Waals surface area contributed by atoms with E-state index in [1.54, 1.807) is 0 Å². The highest BCUT2D eigenvalue weighted by molar-refractivity contribution is 7.00. The summed E-state index contributed by atoms with van der Waals surface area (Å²) < 4.78 is 9.28. The van der Waals surface area contributed by atoms with Crippen LogP contribution in [0.1, 0.15) is 111 Å². The Balaban J connectivity index is 1.13. The second-order valence-corrected chi connectivity index (χ2v) is 25.2. The van der Waals surface area contributed by atoms with Crippen molar-refractivity contribution >= 4 is 80.1 Å².